The standard InChI is InChI=1S/C29H59N4O5PSi2/c1-13-15-19-39(35,20-16-14-2)25(31)23-22(37-40(9,10)28(3,4)5)24(38-41(11,12)29(6,7)8)26(36-23)33-18-17-21(30)32-27(33)34/h17-18,22-26H,13-16,19-20,31H2,1-12H3,(H2,30,32,34)/t22-,23+,24-,25+,26-/m1/s1. The van der Waals surface area contributed by atoms with Crippen molar-refractivity contribution >= 4 is 29.6 Å². The molecular weight excluding hydrogens is 571 g/mol. The second-order valence-electron chi connectivity index (χ2n) is 14.8. The van der Waals surface area contributed by atoms with Crippen molar-refractivity contribution in [2.75, 3.05) is 18.1 Å². The summed E-state index contributed by atoms with van der Waals surface area (Å²) in [7, 11) is -7.66. The number of rotatable bonds is 13. The number of nitrogens with two attached hydrogens (primary N) is 2. The highest BCUT2D eigenvalue weighted by atomic mass is 31.2. The third-order valence-electron chi connectivity index (χ3n) is 9.48. The van der Waals surface area contributed by atoms with Crippen LogP contribution in [-0.2, 0) is 18.2 Å². The number of hydrogen-bond acceptors (Lipinski definition) is 8. The highest BCUT2D eigenvalue weighted by molar-refractivity contribution is 7.64. The van der Waals surface area contributed by atoms with Gasteiger partial charge in [-0.25, -0.2) is 4.79 Å². The monoisotopic (exact) mass is 630 g/mol. The summed E-state index contributed by atoms with van der Waals surface area (Å²) >= 11 is 0. The molecule has 1 aromatic heterocycles. The van der Waals surface area contributed by atoms with Crippen molar-refractivity contribution in [3.05, 3.63) is 22.7 Å². The van der Waals surface area contributed by atoms with Crippen LogP contribution in [0, 0.1) is 0 Å². The van der Waals surface area contributed by atoms with Gasteiger partial charge in [0.15, 0.2) is 22.9 Å². The van der Waals surface area contributed by atoms with Crippen LogP contribution in [0.1, 0.15) is 87.3 Å². The summed E-state index contributed by atoms with van der Waals surface area (Å²) in [4.78, 5) is 17.2. The average Bonchev–Trinajstić information content (AvgIpc) is 3.15. The van der Waals surface area contributed by atoms with E-state index in [1.807, 2.05) is 0 Å². The van der Waals surface area contributed by atoms with E-state index in [0.29, 0.717) is 12.3 Å². The van der Waals surface area contributed by atoms with Gasteiger partial charge in [-0.1, -0.05) is 68.2 Å². The van der Waals surface area contributed by atoms with Crippen LogP contribution in [0.25, 0.3) is 0 Å². The zero-order valence-corrected chi connectivity index (χ0v) is 30.7. The molecule has 9 nitrogen and oxygen atoms in total. The fourth-order valence-corrected chi connectivity index (χ4v) is 10.5. The molecule has 1 fully saturated rings. The fourth-order valence-electron chi connectivity index (χ4n) is 4.61. The Morgan fingerprint density at radius 1 is 0.976 bits per heavy atom. The van der Waals surface area contributed by atoms with E-state index in [4.69, 9.17) is 25.1 Å². The molecule has 2 heterocycles. The number of aromatic nitrogens is 2. The molecule has 5 atom stereocenters. The molecule has 0 amide bonds. The smallest absolute Gasteiger partial charge is 0.351 e. The molecule has 4 N–H and O–H groups in total. The van der Waals surface area contributed by atoms with Gasteiger partial charge in [0.2, 0.25) is 0 Å². The minimum atomic E-state index is -2.86. The van der Waals surface area contributed by atoms with Crippen molar-refractivity contribution in [3.8, 4) is 0 Å². The minimum absolute atomic E-state index is 0.102. The molecule has 41 heavy (non-hydrogen) atoms. The van der Waals surface area contributed by atoms with E-state index < -0.39 is 59.8 Å². The van der Waals surface area contributed by atoms with Crippen molar-refractivity contribution in [3.63, 3.8) is 0 Å². The molecule has 1 aliphatic rings. The van der Waals surface area contributed by atoms with Gasteiger partial charge in [-0.05, 0) is 55.2 Å². The first-order valence-corrected chi connectivity index (χ1v) is 23.3. The predicted octanol–water partition coefficient (Wildman–Crippen LogP) is 6.75. The topological polar surface area (TPSA) is 132 Å². The van der Waals surface area contributed by atoms with E-state index >= 15 is 0 Å². The molecule has 1 aromatic rings. The van der Waals surface area contributed by atoms with Crippen LogP contribution >= 0.6 is 7.14 Å². The maximum absolute atomic E-state index is 14.7. The van der Waals surface area contributed by atoms with Crippen LogP contribution < -0.4 is 17.2 Å². The summed E-state index contributed by atoms with van der Waals surface area (Å²) < 4.78 is 37.1. The summed E-state index contributed by atoms with van der Waals surface area (Å²) in [6.45, 7) is 26.0. The average molecular weight is 631 g/mol. The highest BCUT2D eigenvalue weighted by Crippen LogP contribution is 2.55. The van der Waals surface area contributed by atoms with E-state index in [-0.39, 0.29) is 15.9 Å². The maximum atomic E-state index is 14.7. The number of unbranched alkanes of at least 4 members (excludes halogenated alkanes) is 2. The van der Waals surface area contributed by atoms with Crippen molar-refractivity contribution in [1.82, 2.24) is 9.55 Å². The molecule has 0 unspecified atom stereocenters. The molecule has 238 valence electrons. The predicted molar refractivity (Wildman–Crippen MR) is 176 cm³/mol. The van der Waals surface area contributed by atoms with Crippen LogP contribution in [0.2, 0.25) is 36.3 Å². The molecule has 12 heteroatoms. The molecule has 0 spiro atoms. The number of ether oxygens (including phenoxy) is 1. The minimum Gasteiger partial charge on any atom is -0.408 e. The lowest BCUT2D eigenvalue weighted by Gasteiger charge is -2.44. The summed E-state index contributed by atoms with van der Waals surface area (Å²) in [5, 5.41) is -0.212. The summed E-state index contributed by atoms with van der Waals surface area (Å²) in [6.07, 6.45) is 3.47. The maximum Gasteiger partial charge on any atom is 0.351 e. The third kappa shape index (κ3) is 8.43. The molecule has 0 aliphatic carbocycles. The first-order valence-electron chi connectivity index (χ1n) is 15.3. The first-order chi connectivity index (χ1) is 18.6. The molecule has 2 rings (SSSR count). The van der Waals surface area contributed by atoms with Gasteiger partial charge in [-0.3, -0.25) is 4.57 Å². The van der Waals surface area contributed by atoms with Gasteiger partial charge in [0.25, 0.3) is 0 Å². The van der Waals surface area contributed by atoms with Crippen LogP contribution in [-0.4, -0.2) is 62.6 Å². The molecule has 1 aliphatic heterocycles. The Labute approximate surface area is 251 Å². The van der Waals surface area contributed by atoms with Gasteiger partial charge in [-0.2, -0.15) is 4.98 Å². The zero-order valence-electron chi connectivity index (χ0n) is 27.8. The van der Waals surface area contributed by atoms with Gasteiger partial charge >= 0.3 is 5.69 Å². The second-order valence-corrected chi connectivity index (χ2v) is 27.7. The Bertz CT molecular complexity index is 1100. The first kappa shape index (κ1) is 36.4. The normalized spacial score (nSPS) is 23.6. The lowest BCUT2D eigenvalue weighted by atomic mass is 10.1. The Kier molecular flexibility index (Phi) is 11.9. The molecule has 0 radical (unpaired) electrons. The van der Waals surface area contributed by atoms with E-state index in [2.05, 4.69) is 86.6 Å². The second kappa shape index (κ2) is 13.4. The quantitative estimate of drug-likeness (QED) is 0.181. The number of anilines is 1. The molecule has 0 saturated carbocycles. The Morgan fingerprint density at radius 2 is 1.44 bits per heavy atom. The van der Waals surface area contributed by atoms with Crippen molar-refractivity contribution in [2.24, 2.45) is 5.73 Å². The van der Waals surface area contributed by atoms with Crippen LogP contribution in [0.4, 0.5) is 5.82 Å². The Balaban J connectivity index is 2.78. The summed E-state index contributed by atoms with van der Waals surface area (Å²) in [5.41, 5.74) is 12.4. The van der Waals surface area contributed by atoms with Crippen LogP contribution in [0.3, 0.4) is 0 Å². The molecule has 0 aromatic carbocycles. The number of hydrogen-bond donors (Lipinski definition) is 2. The van der Waals surface area contributed by atoms with Gasteiger partial charge in [-0.15, -0.1) is 0 Å². The van der Waals surface area contributed by atoms with Gasteiger partial charge in [0, 0.05) is 18.5 Å². The van der Waals surface area contributed by atoms with E-state index in [0.717, 1.165) is 25.7 Å². The van der Waals surface area contributed by atoms with E-state index in [9.17, 15) is 9.36 Å². The summed E-state index contributed by atoms with van der Waals surface area (Å²) in [5.74, 6) is -0.611. The molecular formula is C29H59N4O5PSi2. The molecule has 0 bridgehead atoms. The summed E-state index contributed by atoms with van der Waals surface area (Å²) in [6, 6.07) is 1.58. The fraction of sp³-hybridized carbons (Fsp3) is 0.862. The largest absolute Gasteiger partial charge is 0.408 e. The highest BCUT2D eigenvalue weighted by Gasteiger charge is 2.57. The van der Waals surface area contributed by atoms with Crippen molar-refractivity contribution < 1.29 is 18.2 Å². The number of nitrogen functional groups attached to an aromatic ring is 1. The van der Waals surface area contributed by atoms with Gasteiger partial charge in [0.1, 0.15) is 31.3 Å². The van der Waals surface area contributed by atoms with E-state index in [1.165, 1.54) is 4.57 Å². The molecule has 1 saturated heterocycles. The zero-order chi connectivity index (χ0) is 31.6. The lowest BCUT2D eigenvalue weighted by molar-refractivity contribution is -0.0371. The number of nitrogens with zero attached hydrogens (tertiary/aromatic N) is 2. The third-order valence-corrected chi connectivity index (χ3v) is 22.0. The van der Waals surface area contributed by atoms with Crippen molar-refractivity contribution in [2.45, 2.75) is 148 Å². The van der Waals surface area contributed by atoms with Gasteiger partial charge in [0.05, 0.1) is 5.78 Å². The van der Waals surface area contributed by atoms with Crippen molar-refractivity contribution in [1.29, 1.82) is 0 Å². The van der Waals surface area contributed by atoms with Crippen LogP contribution in [0.5, 0.6) is 0 Å². The van der Waals surface area contributed by atoms with Crippen LogP contribution in [0.15, 0.2) is 17.1 Å². The van der Waals surface area contributed by atoms with E-state index in [1.54, 1.807) is 12.3 Å². The Morgan fingerprint density at radius 3 is 1.85 bits per heavy atom. The lowest BCUT2D eigenvalue weighted by Crippen LogP contribution is -2.56. The SMILES string of the molecule is CCCCP(=O)(CCCC)[C@H](N)[C@H]1O[C@@H](n2ccc(N)nc2=O)[C@H](O[Si](C)(C)C(C)(C)C)[C@@H]1O[Si](C)(C)C(C)(C)C. The Hall–Kier alpha value is -0.816. The van der Waals surface area contributed by atoms with Gasteiger partial charge < -0.3 is 29.6 Å².